The van der Waals surface area contributed by atoms with Crippen molar-refractivity contribution in [1.29, 1.82) is 0 Å². The lowest BCUT2D eigenvalue weighted by Gasteiger charge is -2.12. The van der Waals surface area contributed by atoms with Crippen LogP contribution in [0.4, 0.5) is 0 Å². The summed E-state index contributed by atoms with van der Waals surface area (Å²) in [5, 5.41) is 7.72. The Morgan fingerprint density at radius 2 is 0.933 bits per heavy atom. The van der Waals surface area contributed by atoms with Gasteiger partial charge in [-0.05, 0) is 71.8 Å². The van der Waals surface area contributed by atoms with Gasteiger partial charge in [-0.3, -0.25) is 0 Å². The first kappa shape index (κ1) is 24.8. The average molecular weight is 591 g/mol. The van der Waals surface area contributed by atoms with E-state index in [9.17, 15) is 0 Å². The van der Waals surface area contributed by atoms with Crippen molar-refractivity contribution in [3.05, 3.63) is 158 Å². The predicted octanol–water partition coefficient (Wildman–Crippen LogP) is 11.9. The van der Waals surface area contributed by atoms with E-state index in [1.807, 2.05) is 11.3 Å². The third-order valence-electron chi connectivity index (χ3n) is 9.31. The molecule has 3 aromatic heterocycles. The van der Waals surface area contributed by atoms with Crippen LogP contribution in [0.2, 0.25) is 0 Å². The first-order valence-corrected chi connectivity index (χ1v) is 16.2. The highest BCUT2D eigenvalue weighted by atomic mass is 32.1. The van der Waals surface area contributed by atoms with Crippen molar-refractivity contribution in [1.82, 2.24) is 9.13 Å². The molecule has 0 saturated heterocycles. The molecule has 0 bridgehead atoms. The molecule has 0 aliphatic carbocycles. The van der Waals surface area contributed by atoms with E-state index < -0.39 is 0 Å². The zero-order valence-electron chi connectivity index (χ0n) is 24.3. The molecular formula is C42H26N2S. The summed E-state index contributed by atoms with van der Waals surface area (Å²) in [7, 11) is 0. The van der Waals surface area contributed by atoms with E-state index in [0.717, 1.165) is 5.69 Å². The number of aromatic nitrogens is 2. The maximum Gasteiger partial charge on any atom is 0.0562 e. The molecule has 3 heteroatoms. The minimum Gasteiger partial charge on any atom is -0.309 e. The standard InChI is InChI=1S/C42H26N2S/c1-5-17-35-30(13-1)31-14-2-6-18-36(31)44(35)39-21-10-20-38-42(39)33-16-3-7-19-37(33)43(38)29-12-9-11-27(25-29)28-23-24-41-34(26-28)32-15-4-8-22-40(32)45-41/h1-26H. The molecule has 0 atom stereocenters. The fraction of sp³-hybridized carbons (Fsp3) is 0. The Morgan fingerprint density at radius 3 is 1.71 bits per heavy atom. The molecule has 7 aromatic carbocycles. The Bertz CT molecular complexity index is 2720. The number of thiophene rings is 1. The molecule has 10 aromatic rings. The second-order valence-electron chi connectivity index (χ2n) is 11.8. The second-order valence-corrected chi connectivity index (χ2v) is 12.8. The van der Waals surface area contributed by atoms with Crippen molar-refractivity contribution in [2.24, 2.45) is 0 Å². The molecule has 210 valence electrons. The summed E-state index contributed by atoms with van der Waals surface area (Å²) in [6, 6.07) is 57.7. The van der Waals surface area contributed by atoms with E-state index in [2.05, 4.69) is 167 Å². The van der Waals surface area contributed by atoms with Crippen molar-refractivity contribution in [2.75, 3.05) is 0 Å². The first-order chi connectivity index (χ1) is 22.3. The molecule has 0 saturated carbocycles. The SMILES string of the molecule is c1cc(-c2ccc3sc4ccccc4c3c2)cc(-n2c3ccccc3c3c(-n4c5ccccc5c5ccccc54)cccc32)c1. The van der Waals surface area contributed by atoms with Crippen LogP contribution >= 0.6 is 11.3 Å². The van der Waals surface area contributed by atoms with Crippen molar-refractivity contribution in [2.45, 2.75) is 0 Å². The van der Waals surface area contributed by atoms with Gasteiger partial charge in [0, 0.05) is 47.4 Å². The summed E-state index contributed by atoms with van der Waals surface area (Å²) >= 11 is 1.86. The number of benzene rings is 7. The van der Waals surface area contributed by atoms with E-state index in [1.165, 1.54) is 80.6 Å². The Balaban J connectivity index is 1.23. The van der Waals surface area contributed by atoms with Gasteiger partial charge in [-0.2, -0.15) is 0 Å². The Labute approximate surface area is 263 Å². The Hall–Kier alpha value is -5.64. The molecule has 2 nitrogen and oxygen atoms in total. The van der Waals surface area contributed by atoms with Gasteiger partial charge in [-0.25, -0.2) is 0 Å². The highest BCUT2D eigenvalue weighted by Crippen LogP contribution is 2.41. The first-order valence-electron chi connectivity index (χ1n) is 15.4. The molecule has 0 amide bonds. The third-order valence-corrected chi connectivity index (χ3v) is 10.5. The largest absolute Gasteiger partial charge is 0.309 e. The molecule has 0 aliphatic rings. The number of hydrogen-bond donors (Lipinski definition) is 0. The summed E-state index contributed by atoms with van der Waals surface area (Å²) in [6.45, 7) is 0. The van der Waals surface area contributed by atoms with Gasteiger partial charge in [0.1, 0.15) is 0 Å². The fourth-order valence-corrected chi connectivity index (χ4v) is 8.46. The molecule has 3 heterocycles. The maximum absolute atomic E-state index is 2.45. The Kier molecular flexibility index (Phi) is 5.19. The Morgan fingerprint density at radius 1 is 0.356 bits per heavy atom. The van der Waals surface area contributed by atoms with Crippen LogP contribution in [-0.4, -0.2) is 9.13 Å². The van der Waals surface area contributed by atoms with Crippen LogP contribution in [0.3, 0.4) is 0 Å². The number of hydrogen-bond acceptors (Lipinski definition) is 1. The highest BCUT2D eigenvalue weighted by molar-refractivity contribution is 7.25. The van der Waals surface area contributed by atoms with Gasteiger partial charge in [0.2, 0.25) is 0 Å². The van der Waals surface area contributed by atoms with Crippen molar-refractivity contribution in [3.63, 3.8) is 0 Å². The molecular weight excluding hydrogens is 565 g/mol. The quantitative estimate of drug-likeness (QED) is 0.194. The van der Waals surface area contributed by atoms with Crippen LogP contribution in [0.25, 0.3) is 86.3 Å². The normalized spacial score (nSPS) is 12.0. The van der Waals surface area contributed by atoms with Gasteiger partial charge in [-0.15, -0.1) is 11.3 Å². The minimum absolute atomic E-state index is 1.16. The van der Waals surface area contributed by atoms with E-state index in [1.54, 1.807) is 0 Å². The molecule has 0 fully saturated rings. The van der Waals surface area contributed by atoms with Gasteiger partial charge >= 0.3 is 0 Å². The molecule has 0 unspecified atom stereocenters. The fourth-order valence-electron chi connectivity index (χ4n) is 7.38. The van der Waals surface area contributed by atoms with Gasteiger partial charge in [0.15, 0.2) is 0 Å². The van der Waals surface area contributed by atoms with Crippen LogP contribution in [0.15, 0.2) is 158 Å². The maximum atomic E-state index is 2.45. The smallest absolute Gasteiger partial charge is 0.0562 e. The van der Waals surface area contributed by atoms with Crippen LogP contribution < -0.4 is 0 Å². The van der Waals surface area contributed by atoms with Gasteiger partial charge < -0.3 is 9.13 Å². The van der Waals surface area contributed by atoms with Gasteiger partial charge in [0.05, 0.1) is 27.8 Å². The van der Waals surface area contributed by atoms with E-state index >= 15 is 0 Å². The van der Waals surface area contributed by atoms with Crippen LogP contribution in [0.5, 0.6) is 0 Å². The molecule has 0 aliphatic heterocycles. The molecule has 0 spiro atoms. The third kappa shape index (κ3) is 3.56. The summed E-state index contributed by atoms with van der Waals surface area (Å²) in [6.07, 6.45) is 0. The predicted molar refractivity (Wildman–Crippen MR) is 193 cm³/mol. The van der Waals surface area contributed by atoms with E-state index in [4.69, 9.17) is 0 Å². The van der Waals surface area contributed by atoms with Crippen LogP contribution in [0.1, 0.15) is 0 Å². The molecule has 0 N–H and O–H groups in total. The zero-order chi connectivity index (χ0) is 29.5. The summed E-state index contributed by atoms with van der Waals surface area (Å²) in [5.74, 6) is 0. The van der Waals surface area contributed by atoms with Gasteiger partial charge in [0.25, 0.3) is 0 Å². The molecule has 45 heavy (non-hydrogen) atoms. The lowest BCUT2D eigenvalue weighted by Crippen LogP contribution is -1.96. The summed E-state index contributed by atoms with van der Waals surface area (Å²) in [4.78, 5) is 0. The zero-order valence-corrected chi connectivity index (χ0v) is 25.1. The minimum atomic E-state index is 1.16. The second kappa shape index (κ2) is 9.43. The van der Waals surface area contributed by atoms with Crippen LogP contribution in [-0.2, 0) is 0 Å². The average Bonchev–Trinajstić information content (AvgIpc) is 3.76. The number of nitrogens with zero attached hydrogens (tertiary/aromatic N) is 2. The number of para-hydroxylation sites is 3. The lowest BCUT2D eigenvalue weighted by atomic mass is 10.0. The topological polar surface area (TPSA) is 9.86 Å². The van der Waals surface area contributed by atoms with Crippen molar-refractivity contribution in [3.8, 4) is 22.5 Å². The molecule has 10 rings (SSSR count). The summed E-state index contributed by atoms with van der Waals surface area (Å²) in [5.41, 5.74) is 9.67. The van der Waals surface area contributed by atoms with E-state index in [0.29, 0.717) is 0 Å². The van der Waals surface area contributed by atoms with Crippen molar-refractivity contribution < 1.29 is 0 Å². The van der Waals surface area contributed by atoms with E-state index in [-0.39, 0.29) is 0 Å². The van der Waals surface area contributed by atoms with Crippen LogP contribution in [0, 0.1) is 0 Å². The molecule has 0 radical (unpaired) electrons. The highest BCUT2D eigenvalue weighted by Gasteiger charge is 2.19. The van der Waals surface area contributed by atoms with Gasteiger partial charge in [-0.1, -0.05) is 97.1 Å². The summed E-state index contributed by atoms with van der Waals surface area (Å²) < 4.78 is 7.55. The monoisotopic (exact) mass is 590 g/mol. The lowest BCUT2D eigenvalue weighted by molar-refractivity contribution is 1.17. The number of fused-ring (bicyclic) bond motifs is 9. The van der Waals surface area contributed by atoms with Crippen molar-refractivity contribution >= 4 is 75.1 Å². The number of rotatable bonds is 3.